The normalized spacial score (nSPS) is 15.0. The number of anilines is 1. The maximum absolute atomic E-state index is 12.6. The Morgan fingerprint density at radius 2 is 2.09 bits per heavy atom. The Labute approximate surface area is 194 Å². The van der Waals surface area contributed by atoms with Crippen LogP contribution in [0.3, 0.4) is 0 Å². The molecule has 3 aromatic rings. The van der Waals surface area contributed by atoms with Crippen LogP contribution < -0.4 is 15.8 Å². The third-order valence-electron chi connectivity index (χ3n) is 5.57. The molecular formula is C21H21Cl2N7O2. The molecule has 4 N–H and O–H groups in total. The van der Waals surface area contributed by atoms with E-state index in [9.17, 15) is 4.79 Å². The number of nitrogens with two attached hydrogens (primary N) is 1. The Morgan fingerprint density at radius 1 is 1.28 bits per heavy atom. The van der Waals surface area contributed by atoms with Crippen molar-refractivity contribution in [2.45, 2.75) is 45.5 Å². The van der Waals surface area contributed by atoms with Crippen molar-refractivity contribution in [1.82, 2.24) is 30.2 Å². The molecular weight excluding hydrogens is 453 g/mol. The topological polar surface area (TPSA) is 122 Å². The first kappa shape index (κ1) is 20.8. The number of urea groups is 1. The van der Waals surface area contributed by atoms with Gasteiger partial charge >= 0.3 is 6.03 Å². The molecule has 1 aliphatic heterocycles. The van der Waals surface area contributed by atoms with Crippen LogP contribution >= 0.6 is 23.2 Å². The molecule has 0 unspecified atom stereocenters. The van der Waals surface area contributed by atoms with E-state index >= 15 is 0 Å². The summed E-state index contributed by atoms with van der Waals surface area (Å²) in [5.41, 5.74) is 10.4. The zero-order chi connectivity index (χ0) is 22.4. The first-order valence-corrected chi connectivity index (χ1v) is 11.0. The second-order valence-corrected chi connectivity index (χ2v) is 8.78. The Hall–Kier alpha value is -3.04. The van der Waals surface area contributed by atoms with E-state index in [2.05, 4.69) is 25.3 Å². The number of carbonyl (C=O) groups excluding carboxylic acids is 1. The molecule has 1 saturated carbocycles. The van der Waals surface area contributed by atoms with E-state index in [1.54, 1.807) is 23.4 Å². The van der Waals surface area contributed by atoms with Gasteiger partial charge in [-0.2, -0.15) is 0 Å². The average molecular weight is 474 g/mol. The zero-order valence-electron chi connectivity index (χ0n) is 17.3. The number of aromatic amines is 1. The van der Waals surface area contributed by atoms with Gasteiger partial charge in [-0.05, 0) is 31.9 Å². The van der Waals surface area contributed by atoms with Gasteiger partial charge in [0.1, 0.15) is 12.4 Å². The molecule has 9 nitrogen and oxygen atoms in total. The first-order valence-electron chi connectivity index (χ1n) is 10.2. The lowest BCUT2D eigenvalue weighted by molar-refractivity contribution is 0.197. The number of hydrogen-bond acceptors (Lipinski definition) is 6. The monoisotopic (exact) mass is 473 g/mol. The van der Waals surface area contributed by atoms with Gasteiger partial charge in [0.2, 0.25) is 5.95 Å². The van der Waals surface area contributed by atoms with Crippen molar-refractivity contribution in [3.8, 4) is 17.0 Å². The van der Waals surface area contributed by atoms with Gasteiger partial charge in [0, 0.05) is 22.9 Å². The largest absolute Gasteiger partial charge is 0.486 e. The van der Waals surface area contributed by atoms with Crippen LogP contribution in [0.2, 0.25) is 10.0 Å². The number of rotatable bonds is 5. The number of fused-ring (bicyclic) bond motifs is 1. The standard InChI is InChI=1S/C21H21Cl2N7O2/c1-10-17(26-9-25-10)8-32-18-4-12(14(22)5-15(18)23)19-13-6-30(21(31)27-11-2-3-11)7-16(13)28-20(24)29-19/h4-5,9,11H,2-3,6-8H2,1H3,(H,25,26)(H,27,31)(H2,24,28,29). The van der Waals surface area contributed by atoms with Gasteiger partial charge in [0.25, 0.3) is 0 Å². The van der Waals surface area contributed by atoms with Crippen LogP contribution in [0.15, 0.2) is 18.5 Å². The molecule has 1 aromatic carbocycles. The Morgan fingerprint density at radius 3 is 2.81 bits per heavy atom. The number of ether oxygens (including phenoxy) is 1. The number of amides is 2. The Balaban J connectivity index is 1.46. The molecule has 11 heteroatoms. The Bertz CT molecular complexity index is 1210. The summed E-state index contributed by atoms with van der Waals surface area (Å²) >= 11 is 12.9. The number of nitrogens with one attached hydrogen (secondary N) is 2. The minimum Gasteiger partial charge on any atom is -0.486 e. The van der Waals surface area contributed by atoms with E-state index in [1.807, 2.05) is 6.92 Å². The zero-order valence-corrected chi connectivity index (χ0v) is 18.8. The molecule has 1 aliphatic carbocycles. The minimum absolute atomic E-state index is 0.115. The molecule has 2 amide bonds. The SMILES string of the molecule is Cc1[nH]cnc1COc1cc(-c2nc(N)nc3c2CN(C(=O)NC2CC2)C3)c(Cl)cc1Cl. The number of carbonyl (C=O) groups is 1. The summed E-state index contributed by atoms with van der Waals surface area (Å²) in [4.78, 5) is 30.3. The molecule has 0 atom stereocenters. The lowest BCUT2D eigenvalue weighted by Gasteiger charge is -2.16. The predicted molar refractivity (Wildman–Crippen MR) is 120 cm³/mol. The highest BCUT2D eigenvalue weighted by Gasteiger charge is 2.32. The van der Waals surface area contributed by atoms with Crippen molar-refractivity contribution in [3.63, 3.8) is 0 Å². The highest BCUT2D eigenvalue weighted by Crippen LogP contribution is 2.40. The molecule has 0 saturated heterocycles. The smallest absolute Gasteiger partial charge is 0.318 e. The van der Waals surface area contributed by atoms with Crippen molar-refractivity contribution in [2.75, 3.05) is 5.73 Å². The molecule has 0 radical (unpaired) electrons. The van der Waals surface area contributed by atoms with Gasteiger partial charge in [-0.1, -0.05) is 23.2 Å². The van der Waals surface area contributed by atoms with E-state index in [-0.39, 0.29) is 24.6 Å². The first-order chi connectivity index (χ1) is 15.4. The summed E-state index contributed by atoms with van der Waals surface area (Å²) in [5.74, 6) is 0.560. The van der Waals surface area contributed by atoms with Crippen molar-refractivity contribution in [2.24, 2.45) is 0 Å². The molecule has 2 aromatic heterocycles. The quantitative estimate of drug-likeness (QED) is 0.517. The fourth-order valence-electron chi connectivity index (χ4n) is 3.63. The van der Waals surface area contributed by atoms with Gasteiger partial charge in [0.05, 0.1) is 46.5 Å². The van der Waals surface area contributed by atoms with Crippen LogP contribution in [-0.2, 0) is 19.7 Å². The van der Waals surface area contributed by atoms with Crippen molar-refractivity contribution >= 4 is 35.2 Å². The molecule has 1 fully saturated rings. The van der Waals surface area contributed by atoms with Crippen molar-refractivity contribution in [3.05, 3.63) is 51.2 Å². The lowest BCUT2D eigenvalue weighted by atomic mass is 10.1. The molecule has 2 aliphatic rings. The summed E-state index contributed by atoms with van der Waals surface area (Å²) in [6, 6.07) is 3.50. The number of aryl methyl sites for hydroxylation is 1. The minimum atomic E-state index is -0.115. The number of aromatic nitrogens is 4. The number of hydrogen-bond donors (Lipinski definition) is 3. The average Bonchev–Trinajstić information content (AvgIpc) is 3.30. The maximum atomic E-state index is 12.6. The second kappa shape index (κ2) is 8.14. The van der Waals surface area contributed by atoms with Crippen LogP contribution in [0, 0.1) is 6.92 Å². The van der Waals surface area contributed by atoms with E-state index in [4.69, 9.17) is 33.7 Å². The number of nitrogen functional groups attached to an aromatic ring is 1. The summed E-state index contributed by atoms with van der Waals surface area (Å²) in [5, 5.41) is 3.78. The fourth-order valence-corrected chi connectivity index (χ4v) is 4.16. The molecule has 3 heterocycles. The van der Waals surface area contributed by atoms with Gasteiger partial charge in [-0.25, -0.2) is 19.7 Å². The number of H-pyrrole nitrogens is 1. The summed E-state index contributed by atoms with van der Waals surface area (Å²) < 4.78 is 5.92. The van der Waals surface area contributed by atoms with Crippen LogP contribution in [0.25, 0.3) is 11.3 Å². The highest BCUT2D eigenvalue weighted by molar-refractivity contribution is 6.37. The van der Waals surface area contributed by atoms with Crippen molar-refractivity contribution in [1.29, 1.82) is 0 Å². The van der Waals surface area contributed by atoms with Crippen LogP contribution in [-0.4, -0.2) is 36.9 Å². The van der Waals surface area contributed by atoms with Crippen LogP contribution in [0.1, 0.15) is 35.5 Å². The fraction of sp³-hybridized carbons (Fsp3) is 0.333. The summed E-state index contributed by atoms with van der Waals surface area (Å²) in [7, 11) is 0. The van der Waals surface area contributed by atoms with Gasteiger partial charge < -0.3 is 25.7 Å². The molecule has 0 bridgehead atoms. The summed E-state index contributed by atoms with van der Waals surface area (Å²) in [6.45, 7) is 2.89. The maximum Gasteiger partial charge on any atom is 0.318 e. The third-order valence-corrected chi connectivity index (χ3v) is 6.18. The van der Waals surface area contributed by atoms with Gasteiger partial charge in [-0.3, -0.25) is 0 Å². The summed E-state index contributed by atoms with van der Waals surface area (Å²) in [6.07, 6.45) is 3.65. The number of benzene rings is 1. The molecule has 32 heavy (non-hydrogen) atoms. The number of nitrogens with zero attached hydrogens (tertiary/aromatic N) is 4. The molecule has 166 valence electrons. The highest BCUT2D eigenvalue weighted by atomic mass is 35.5. The second-order valence-electron chi connectivity index (χ2n) is 7.96. The predicted octanol–water partition coefficient (Wildman–Crippen LogP) is 3.83. The lowest BCUT2D eigenvalue weighted by Crippen LogP contribution is -2.37. The van der Waals surface area contributed by atoms with Gasteiger partial charge in [-0.15, -0.1) is 0 Å². The van der Waals surface area contributed by atoms with E-state index < -0.39 is 0 Å². The van der Waals surface area contributed by atoms with E-state index in [0.29, 0.717) is 45.8 Å². The van der Waals surface area contributed by atoms with Crippen LogP contribution in [0.5, 0.6) is 5.75 Å². The van der Waals surface area contributed by atoms with E-state index in [0.717, 1.165) is 29.8 Å². The van der Waals surface area contributed by atoms with E-state index in [1.165, 1.54) is 0 Å². The molecule has 0 spiro atoms. The third kappa shape index (κ3) is 4.05. The Kier molecular flexibility index (Phi) is 5.30. The number of imidazole rings is 1. The van der Waals surface area contributed by atoms with Crippen LogP contribution in [0.4, 0.5) is 10.7 Å². The molecule has 5 rings (SSSR count). The van der Waals surface area contributed by atoms with Crippen molar-refractivity contribution < 1.29 is 9.53 Å². The van der Waals surface area contributed by atoms with Gasteiger partial charge in [0.15, 0.2) is 0 Å². The number of halogens is 2.